The summed E-state index contributed by atoms with van der Waals surface area (Å²) in [6, 6.07) is 6.22. The summed E-state index contributed by atoms with van der Waals surface area (Å²) in [4.78, 5) is 0. The molecule has 1 aliphatic carbocycles. The number of hydrogen-bond donors (Lipinski definition) is 0. The molecule has 1 aliphatic heterocycles. The minimum Gasteiger partial charge on any atom is -0.489 e. The molecule has 0 amide bonds. The molecular formula is C14H15BrO. The van der Waals surface area contributed by atoms with Crippen LogP contribution in [-0.4, -0.2) is 6.10 Å². The maximum absolute atomic E-state index is 6.08. The Hall–Kier alpha value is -0.760. The molecule has 1 saturated carbocycles. The maximum Gasteiger partial charge on any atom is 0.127 e. The summed E-state index contributed by atoms with van der Waals surface area (Å²) in [6.07, 6.45) is 5.39. The predicted octanol–water partition coefficient (Wildman–Crippen LogP) is 4.41. The molecule has 84 valence electrons. The van der Waals surface area contributed by atoms with Crippen LogP contribution in [0.1, 0.15) is 31.2 Å². The monoisotopic (exact) mass is 278 g/mol. The minimum atomic E-state index is 0.370. The van der Waals surface area contributed by atoms with Gasteiger partial charge in [0.2, 0.25) is 0 Å². The van der Waals surface area contributed by atoms with Crippen molar-refractivity contribution in [3.8, 4) is 5.75 Å². The second-order valence-electron chi connectivity index (χ2n) is 4.71. The van der Waals surface area contributed by atoms with Crippen molar-refractivity contribution < 1.29 is 4.74 Å². The normalized spacial score (nSPS) is 27.9. The average Bonchev–Trinajstić information content (AvgIpc) is 2.31. The van der Waals surface area contributed by atoms with E-state index in [0.717, 1.165) is 10.2 Å². The van der Waals surface area contributed by atoms with E-state index in [0.29, 0.717) is 12.0 Å². The first kappa shape index (κ1) is 10.4. The van der Waals surface area contributed by atoms with Gasteiger partial charge in [0.05, 0.1) is 0 Å². The standard InChI is InChI=1S/C14H15BrO/c1-9-11-4-2-3-5-13(11)16-14-7-6-10(15)8-12(9)14/h6-8,11,13H,1-5H2/t11-,13+/m1/s1. The number of fused-ring (bicyclic) bond motifs is 2. The van der Waals surface area contributed by atoms with Crippen LogP contribution < -0.4 is 4.74 Å². The van der Waals surface area contributed by atoms with Gasteiger partial charge in [-0.2, -0.15) is 0 Å². The molecule has 0 N–H and O–H groups in total. The lowest BCUT2D eigenvalue weighted by Gasteiger charge is -2.38. The average molecular weight is 279 g/mol. The van der Waals surface area contributed by atoms with E-state index in [1.807, 2.05) is 6.07 Å². The Labute approximate surface area is 105 Å². The largest absolute Gasteiger partial charge is 0.489 e. The van der Waals surface area contributed by atoms with Crippen LogP contribution in [0.5, 0.6) is 5.75 Å². The molecule has 1 fully saturated rings. The van der Waals surface area contributed by atoms with E-state index in [1.165, 1.54) is 36.8 Å². The van der Waals surface area contributed by atoms with Gasteiger partial charge >= 0.3 is 0 Å². The first-order chi connectivity index (χ1) is 7.75. The van der Waals surface area contributed by atoms with Crippen molar-refractivity contribution >= 4 is 21.5 Å². The third-order valence-corrected chi connectivity index (χ3v) is 4.21. The molecule has 0 spiro atoms. The quantitative estimate of drug-likeness (QED) is 0.683. The first-order valence-corrected chi connectivity index (χ1v) is 6.70. The Balaban J connectivity index is 2.03. The van der Waals surface area contributed by atoms with E-state index in [4.69, 9.17) is 4.74 Å². The van der Waals surface area contributed by atoms with Crippen LogP contribution in [0.3, 0.4) is 0 Å². The van der Waals surface area contributed by atoms with Crippen LogP contribution in [0.4, 0.5) is 0 Å². The van der Waals surface area contributed by atoms with E-state index in [1.54, 1.807) is 0 Å². The van der Waals surface area contributed by atoms with Gasteiger partial charge < -0.3 is 4.74 Å². The Morgan fingerprint density at radius 2 is 2.06 bits per heavy atom. The predicted molar refractivity (Wildman–Crippen MR) is 69.6 cm³/mol. The van der Waals surface area contributed by atoms with E-state index < -0.39 is 0 Å². The smallest absolute Gasteiger partial charge is 0.127 e. The summed E-state index contributed by atoms with van der Waals surface area (Å²) < 4.78 is 7.18. The van der Waals surface area contributed by atoms with E-state index >= 15 is 0 Å². The van der Waals surface area contributed by atoms with Gasteiger partial charge in [0.1, 0.15) is 11.9 Å². The molecule has 1 aromatic rings. The number of benzene rings is 1. The van der Waals surface area contributed by atoms with Crippen molar-refractivity contribution in [2.45, 2.75) is 31.8 Å². The fourth-order valence-electron chi connectivity index (χ4n) is 2.86. The minimum absolute atomic E-state index is 0.370. The highest BCUT2D eigenvalue weighted by molar-refractivity contribution is 9.10. The topological polar surface area (TPSA) is 9.23 Å². The van der Waals surface area contributed by atoms with Crippen LogP contribution in [0.25, 0.3) is 5.57 Å². The molecule has 1 aromatic carbocycles. The van der Waals surface area contributed by atoms with Gasteiger partial charge in [-0.05, 0) is 43.0 Å². The summed E-state index contributed by atoms with van der Waals surface area (Å²) in [5.41, 5.74) is 2.46. The van der Waals surface area contributed by atoms with Crippen LogP contribution in [0, 0.1) is 5.92 Å². The summed E-state index contributed by atoms with van der Waals surface area (Å²) in [6.45, 7) is 4.28. The molecule has 0 saturated heterocycles. The SMILES string of the molecule is C=C1c2cc(Br)ccc2O[C@H]2CCCC[C@H]12. The molecule has 0 unspecified atom stereocenters. The Morgan fingerprint density at radius 3 is 2.94 bits per heavy atom. The van der Waals surface area contributed by atoms with Gasteiger partial charge in [0.25, 0.3) is 0 Å². The van der Waals surface area contributed by atoms with Crippen LogP contribution in [0.2, 0.25) is 0 Å². The summed E-state index contributed by atoms with van der Waals surface area (Å²) >= 11 is 3.51. The Morgan fingerprint density at radius 1 is 1.25 bits per heavy atom. The molecular weight excluding hydrogens is 264 g/mol. The van der Waals surface area contributed by atoms with Crippen molar-refractivity contribution in [1.82, 2.24) is 0 Å². The zero-order chi connectivity index (χ0) is 11.1. The van der Waals surface area contributed by atoms with Crippen molar-refractivity contribution in [1.29, 1.82) is 0 Å². The fourth-order valence-corrected chi connectivity index (χ4v) is 3.22. The third-order valence-electron chi connectivity index (χ3n) is 3.72. The van der Waals surface area contributed by atoms with Crippen molar-refractivity contribution in [3.63, 3.8) is 0 Å². The number of rotatable bonds is 0. The summed E-state index contributed by atoms with van der Waals surface area (Å²) in [5, 5.41) is 0. The zero-order valence-electron chi connectivity index (χ0n) is 9.21. The van der Waals surface area contributed by atoms with Crippen LogP contribution in [0.15, 0.2) is 29.3 Å². The second-order valence-corrected chi connectivity index (χ2v) is 5.63. The number of halogens is 1. The van der Waals surface area contributed by atoms with Crippen molar-refractivity contribution in [2.75, 3.05) is 0 Å². The van der Waals surface area contributed by atoms with E-state index in [2.05, 4.69) is 34.6 Å². The van der Waals surface area contributed by atoms with Gasteiger partial charge in [0.15, 0.2) is 0 Å². The fraction of sp³-hybridized carbons (Fsp3) is 0.429. The summed E-state index contributed by atoms with van der Waals surface area (Å²) in [5.74, 6) is 1.55. The van der Waals surface area contributed by atoms with Gasteiger partial charge in [-0.15, -0.1) is 0 Å². The maximum atomic E-state index is 6.08. The molecule has 2 atom stereocenters. The molecule has 0 bridgehead atoms. The highest BCUT2D eigenvalue weighted by Gasteiger charge is 2.34. The van der Waals surface area contributed by atoms with Gasteiger partial charge in [-0.3, -0.25) is 0 Å². The van der Waals surface area contributed by atoms with Crippen LogP contribution in [-0.2, 0) is 0 Å². The lowest BCUT2D eigenvalue weighted by molar-refractivity contribution is 0.112. The zero-order valence-corrected chi connectivity index (χ0v) is 10.8. The van der Waals surface area contributed by atoms with E-state index in [9.17, 15) is 0 Å². The molecule has 0 radical (unpaired) electrons. The van der Waals surface area contributed by atoms with Crippen LogP contribution >= 0.6 is 15.9 Å². The molecule has 16 heavy (non-hydrogen) atoms. The van der Waals surface area contributed by atoms with Gasteiger partial charge in [-0.1, -0.05) is 28.9 Å². The number of hydrogen-bond acceptors (Lipinski definition) is 1. The van der Waals surface area contributed by atoms with Crippen molar-refractivity contribution in [2.24, 2.45) is 5.92 Å². The molecule has 2 heteroatoms. The van der Waals surface area contributed by atoms with E-state index in [-0.39, 0.29) is 0 Å². The first-order valence-electron chi connectivity index (χ1n) is 5.91. The highest BCUT2D eigenvalue weighted by atomic mass is 79.9. The lowest BCUT2D eigenvalue weighted by atomic mass is 9.77. The number of ether oxygens (including phenoxy) is 1. The summed E-state index contributed by atoms with van der Waals surface area (Å²) in [7, 11) is 0. The van der Waals surface area contributed by atoms with Crippen molar-refractivity contribution in [3.05, 3.63) is 34.8 Å². The molecule has 3 rings (SSSR count). The van der Waals surface area contributed by atoms with Gasteiger partial charge in [-0.25, -0.2) is 0 Å². The highest BCUT2D eigenvalue weighted by Crippen LogP contribution is 2.44. The third kappa shape index (κ3) is 1.60. The molecule has 2 aliphatic rings. The van der Waals surface area contributed by atoms with Gasteiger partial charge in [0, 0.05) is 16.0 Å². The molecule has 1 heterocycles. The Bertz CT molecular complexity index is 438. The lowest BCUT2D eigenvalue weighted by Crippen LogP contribution is -2.34. The molecule has 0 aromatic heterocycles. The molecule has 1 nitrogen and oxygen atoms in total. The Kier molecular flexibility index (Phi) is 2.55. The second kappa shape index (κ2) is 3.92.